The number of anilines is 1. The van der Waals surface area contributed by atoms with Crippen LogP contribution in [0.1, 0.15) is 67.4 Å². The van der Waals surface area contributed by atoms with Gasteiger partial charge in [0.05, 0.1) is 30.8 Å². The van der Waals surface area contributed by atoms with Crippen LogP contribution in [0, 0.1) is 17.8 Å². The minimum Gasteiger partial charge on any atom is -0.490 e. The topological polar surface area (TPSA) is 83.6 Å². The molecule has 2 bridgehead atoms. The van der Waals surface area contributed by atoms with E-state index in [4.69, 9.17) is 25.8 Å². The number of amides is 1. The SMILES string of the molecule is CO[C@]1(CN2CCN3CCOCC3C2)/C=C/CC(C)C(C)S(=O)NC(=O)c2ccc3c(c2)N(CC2CCC21)C[C@@]1(CCCc2cc(Cl)ccc21)CO3. The first-order chi connectivity index (χ1) is 25.2. The zero-order valence-electron chi connectivity index (χ0n) is 31.0. The van der Waals surface area contributed by atoms with Crippen molar-refractivity contribution in [1.82, 2.24) is 14.5 Å². The number of aryl methyl sites for hydroxylation is 1. The summed E-state index contributed by atoms with van der Waals surface area (Å²) in [6, 6.07) is 12.5. The molecule has 0 aromatic heterocycles. The van der Waals surface area contributed by atoms with Crippen molar-refractivity contribution in [2.45, 2.75) is 74.7 Å². The van der Waals surface area contributed by atoms with Gasteiger partial charge in [-0.15, -0.1) is 0 Å². The van der Waals surface area contributed by atoms with Crippen LogP contribution < -0.4 is 14.4 Å². The highest BCUT2D eigenvalue weighted by Crippen LogP contribution is 2.49. The molecule has 1 spiro atoms. The van der Waals surface area contributed by atoms with Gasteiger partial charge in [0.15, 0.2) is 0 Å². The van der Waals surface area contributed by atoms with Crippen LogP contribution in [0.15, 0.2) is 48.6 Å². The molecule has 2 aliphatic carbocycles. The van der Waals surface area contributed by atoms with Crippen LogP contribution >= 0.6 is 11.6 Å². The molecule has 1 saturated carbocycles. The molecular weight excluding hydrogens is 696 g/mol. The van der Waals surface area contributed by atoms with Crippen molar-refractivity contribution < 1.29 is 23.2 Å². The van der Waals surface area contributed by atoms with Gasteiger partial charge in [0.1, 0.15) is 22.3 Å². The van der Waals surface area contributed by atoms with Gasteiger partial charge in [-0.3, -0.25) is 19.3 Å². The number of carbonyl (C=O) groups is 1. The highest BCUT2D eigenvalue weighted by Gasteiger charge is 2.50. The third-order valence-electron chi connectivity index (χ3n) is 13.4. The number of methoxy groups -OCH3 is 1. The van der Waals surface area contributed by atoms with E-state index in [-0.39, 0.29) is 22.5 Å². The molecule has 3 fully saturated rings. The first-order valence-electron chi connectivity index (χ1n) is 19.5. The fraction of sp³-hybridized carbons (Fsp3) is 0.634. The lowest BCUT2D eigenvalue weighted by Gasteiger charge is -2.53. The summed E-state index contributed by atoms with van der Waals surface area (Å²) < 4.78 is 35.8. The van der Waals surface area contributed by atoms with E-state index >= 15 is 0 Å². The van der Waals surface area contributed by atoms with Crippen LogP contribution in [-0.4, -0.2) is 110 Å². The number of morpholine rings is 1. The molecular formula is C41H55ClN4O5S. The number of allylic oxidation sites excluding steroid dienone is 1. The Kier molecular flexibility index (Phi) is 10.5. The number of halogens is 1. The van der Waals surface area contributed by atoms with E-state index in [0.29, 0.717) is 30.0 Å². The number of benzene rings is 2. The van der Waals surface area contributed by atoms with Crippen molar-refractivity contribution in [3.63, 3.8) is 0 Å². The number of nitrogens with one attached hydrogen (secondary N) is 1. The first kappa shape index (κ1) is 36.5. The zero-order chi connectivity index (χ0) is 36.0. The zero-order valence-corrected chi connectivity index (χ0v) is 32.6. The molecule has 6 unspecified atom stereocenters. The third kappa shape index (κ3) is 6.97. The number of ether oxygens (including phenoxy) is 3. The predicted octanol–water partition coefficient (Wildman–Crippen LogP) is 5.62. The summed E-state index contributed by atoms with van der Waals surface area (Å²) >= 11 is 6.52. The number of piperazine rings is 1. The lowest BCUT2D eigenvalue weighted by Crippen LogP contribution is -2.62. The summed E-state index contributed by atoms with van der Waals surface area (Å²) in [5.41, 5.74) is 3.38. The van der Waals surface area contributed by atoms with Crippen LogP contribution in [0.25, 0.3) is 0 Å². The van der Waals surface area contributed by atoms with E-state index in [1.54, 1.807) is 0 Å². The van der Waals surface area contributed by atoms with Crippen LogP contribution in [0.2, 0.25) is 5.02 Å². The second kappa shape index (κ2) is 15.0. The molecule has 4 aliphatic heterocycles. The second-order valence-corrected chi connectivity index (χ2v) is 18.4. The molecule has 282 valence electrons. The normalized spacial score (nSPS) is 36.3. The van der Waals surface area contributed by atoms with E-state index in [1.807, 2.05) is 38.3 Å². The maximum absolute atomic E-state index is 13.6. The van der Waals surface area contributed by atoms with Gasteiger partial charge in [0, 0.05) is 75.0 Å². The fourth-order valence-electron chi connectivity index (χ4n) is 9.98. The maximum Gasteiger partial charge on any atom is 0.263 e. The predicted molar refractivity (Wildman–Crippen MR) is 207 cm³/mol. The van der Waals surface area contributed by atoms with Gasteiger partial charge in [0.2, 0.25) is 0 Å². The van der Waals surface area contributed by atoms with Crippen molar-refractivity contribution in [3.8, 4) is 5.75 Å². The number of fused-ring (bicyclic) bond motifs is 5. The van der Waals surface area contributed by atoms with Crippen LogP contribution in [0.3, 0.4) is 0 Å². The molecule has 8 atom stereocenters. The number of carbonyl (C=O) groups excluding carboxylic acids is 1. The molecule has 9 nitrogen and oxygen atoms in total. The monoisotopic (exact) mass is 750 g/mol. The average Bonchev–Trinajstić information content (AvgIpc) is 3.29. The van der Waals surface area contributed by atoms with Gasteiger partial charge in [-0.1, -0.05) is 36.7 Å². The Hall–Kier alpha value is -2.47. The van der Waals surface area contributed by atoms with Gasteiger partial charge in [-0.25, -0.2) is 4.21 Å². The minimum atomic E-state index is -1.55. The molecule has 52 heavy (non-hydrogen) atoms. The smallest absolute Gasteiger partial charge is 0.263 e. The Labute approximate surface area is 316 Å². The van der Waals surface area contributed by atoms with Crippen molar-refractivity contribution in [2.24, 2.45) is 17.8 Å². The molecule has 11 heteroatoms. The van der Waals surface area contributed by atoms with Crippen molar-refractivity contribution in [3.05, 3.63) is 70.3 Å². The van der Waals surface area contributed by atoms with E-state index in [1.165, 1.54) is 11.1 Å². The molecule has 2 aromatic rings. The Morgan fingerprint density at radius 3 is 2.81 bits per heavy atom. The molecule has 2 aromatic carbocycles. The summed E-state index contributed by atoms with van der Waals surface area (Å²) in [7, 11) is 0.352. The average molecular weight is 751 g/mol. The van der Waals surface area contributed by atoms with Gasteiger partial charge in [0.25, 0.3) is 5.91 Å². The number of hydrogen-bond acceptors (Lipinski definition) is 8. The number of hydrogen-bond donors (Lipinski definition) is 1. The quantitative estimate of drug-likeness (QED) is 0.406. The van der Waals surface area contributed by atoms with E-state index in [9.17, 15) is 9.00 Å². The maximum atomic E-state index is 13.6. The Balaban J connectivity index is 1.17. The van der Waals surface area contributed by atoms with Gasteiger partial charge in [-0.2, -0.15) is 0 Å². The molecule has 4 heterocycles. The molecule has 8 rings (SSSR count). The first-order valence-corrected chi connectivity index (χ1v) is 21.1. The summed E-state index contributed by atoms with van der Waals surface area (Å²) in [5, 5.41) is 0.545. The number of rotatable bonds is 3. The Morgan fingerprint density at radius 1 is 1.10 bits per heavy atom. The second-order valence-electron chi connectivity index (χ2n) is 16.4. The summed E-state index contributed by atoms with van der Waals surface area (Å²) in [5.74, 6) is 1.27. The summed E-state index contributed by atoms with van der Waals surface area (Å²) in [6.07, 6.45) is 10.7. The van der Waals surface area contributed by atoms with E-state index < -0.39 is 16.6 Å². The highest BCUT2D eigenvalue weighted by atomic mass is 35.5. The summed E-state index contributed by atoms with van der Waals surface area (Å²) in [4.78, 5) is 21.3. The van der Waals surface area contributed by atoms with Crippen molar-refractivity contribution >= 4 is 34.2 Å². The molecule has 1 amide bonds. The van der Waals surface area contributed by atoms with Gasteiger partial charge < -0.3 is 19.1 Å². The molecule has 6 aliphatic rings. The van der Waals surface area contributed by atoms with E-state index in [2.05, 4.69) is 50.6 Å². The third-order valence-corrected chi connectivity index (χ3v) is 15.2. The minimum absolute atomic E-state index is 0.0975. The fourth-order valence-corrected chi connectivity index (χ4v) is 11.2. The summed E-state index contributed by atoms with van der Waals surface area (Å²) in [6.45, 7) is 12.8. The molecule has 2 saturated heterocycles. The lowest BCUT2D eigenvalue weighted by atomic mass is 9.63. The van der Waals surface area contributed by atoms with Crippen LogP contribution in [0.4, 0.5) is 5.69 Å². The van der Waals surface area contributed by atoms with Gasteiger partial charge >= 0.3 is 0 Å². The van der Waals surface area contributed by atoms with Crippen LogP contribution in [0.5, 0.6) is 5.75 Å². The molecule has 1 N–H and O–H groups in total. The van der Waals surface area contributed by atoms with Gasteiger partial charge in [-0.05, 0) is 105 Å². The highest BCUT2D eigenvalue weighted by molar-refractivity contribution is 7.84. The Morgan fingerprint density at radius 2 is 1.98 bits per heavy atom. The van der Waals surface area contributed by atoms with Crippen LogP contribution in [-0.2, 0) is 32.3 Å². The molecule has 0 radical (unpaired) electrons. The lowest BCUT2D eigenvalue weighted by molar-refractivity contribution is -0.108. The largest absolute Gasteiger partial charge is 0.490 e. The standard InChI is InChI=1S/C41H55ClN4O5S/c1-28-6-4-15-41(49-3,26-44-16-17-45-18-19-50-24-34(45)23-44)36-11-8-32(36)22-46-25-40(14-5-7-30-20-33(42)10-12-35(30)40)27-51-38-13-9-31(21-37(38)46)39(47)43-52(48)29(28)2/h4,9-10,12-13,15,20-21,28-29,32,34,36H,5-8,11,14,16-19,22-27H2,1-3H3,(H,43,47)/b15-4+/t28?,29?,32?,34?,36?,40-,41-,52?/m0/s1. The van der Waals surface area contributed by atoms with E-state index in [0.717, 1.165) is 114 Å². The van der Waals surface area contributed by atoms with Crippen molar-refractivity contribution in [1.29, 1.82) is 0 Å². The number of nitrogens with zero attached hydrogens (tertiary/aromatic N) is 3. The van der Waals surface area contributed by atoms with Crippen molar-refractivity contribution in [2.75, 3.05) is 77.6 Å². The Bertz CT molecular complexity index is 1710.